The van der Waals surface area contributed by atoms with E-state index in [1.165, 1.54) is 12.1 Å². The van der Waals surface area contributed by atoms with Crippen LogP contribution in [0.5, 0.6) is 0 Å². The van der Waals surface area contributed by atoms with Crippen molar-refractivity contribution in [3.63, 3.8) is 0 Å². The third kappa shape index (κ3) is 9.16. The third-order valence-corrected chi connectivity index (χ3v) is 3.96. The Bertz CT molecular complexity index is 781. The number of nitrogens with zero attached hydrogens (tertiary/aromatic N) is 1. The molecule has 0 radical (unpaired) electrons. The van der Waals surface area contributed by atoms with Crippen molar-refractivity contribution in [1.29, 1.82) is 0 Å². The van der Waals surface area contributed by atoms with Crippen molar-refractivity contribution in [2.45, 2.75) is 19.1 Å². The van der Waals surface area contributed by atoms with Crippen LogP contribution in [0.25, 0.3) is 0 Å². The summed E-state index contributed by atoms with van der Waals surface area (Å²) in [5.74, 6) is 0.274. The minimum Gasteiger partial charge on any atom is -0.356 e. The lowest BCUT2D eigenvalue weighted by Crippen LogP contribution is -2.43. The minimum absolute atomic E-state index is 0. The van der Waals surface area contributed by atoms with Crippen molar-refractivity contribution in [2.75, 3.05) is 20.1 Å². The molecule has 1 amide bonds. The minimum atomic E-state index is -4.33. The average molecular weight is 520 g/mol. The maximum Gasteiger partial charge on any atom is 0.416 e. The maximum atomic E-state index is 12.6. The van der Waals surface area contributed by atoms with Crippen LogP contribution >= 0.6 is 24.0 Å². The van der Waals surface area contributed by atoms with Gasteiger partial charge < -0.3 is 16.0 Å². The zero-order valence-electron chi connectivity index (χ0n) is 15.9. The van der Waals surface area contributed by atoms with E-state index >= 15 is 0 Å². The lowest BCUT2D eigenvalue weighted by atomic mass is 10.1. The van der Waals surface area contributed by atoms with Gasteiger partial charge in [0, 0.05) is 20.1 Å². The number of hydrogen-bond acceptors (Lipinski definition) is 2. The Morgan fingerprint density at radius 2 is 1.59 bits per heavy atom. The second kappa shape index (κ2) is 12.3. The fourth-order valence-electron chi connectivity index (χ4n) is 2.43. The molecule has 0 aliphatic rings. The van der Waals surface area contributed by atoms with Crippen LogP contribution in [0.1, 0.15) is 16.7 Å². The summed E-state index contributed by atoms with van der Waals surface area (Å²) in [6.45, 7) is 0.977. The van der Waals surface area contributed by atoms with Crippen molar-refractivity contribution < 1.29 is 18.0 Å². The molecular weight excluding hydrogens is 496 g/mol. The molecule has 0 aromatic heterocycles. The Morgan fingerprint density at radius 3 is 2.17 bits per heavy atom. The van der Waals surface area contributed by atoms with Crippen LogP contribution in [0.2, 0.25) is 0 Å². The zero-order valence-corrected chi connectivity index (χ0v) is 18.3. The highest BCUT2D eigenvalue weighted by molar-refractivity contribution is 14.0. The van der Waals surface area contributed by atoms with E-state index in [0.717, 1.165) is 23.3 Å². The highest BCUT2D eigenvalue weighted by Gasteiger charge is 2.29. The topological polar surface area (TPSA) is 65.5 Å². The molecule has 2 rings (SSSR count). The van der Waals surface area contributed by atoms with Crippen molar-refractivity contribution in [3.8, 4) is 0 Å². The fourth-order valence-corrected chi connectivity index (χ4v) is 2.43. The molecule has 0 spiro atoms. The summed E-state index contributed by atoms with van der Waals surface area (Å²) in [6.07, 6.45) is -3.80. The van der Waals surface area contributed by atoms with Gasteiger partial charge in [0.25, 0.3) is 0 Å². The van der Waals surface area contributed by atoms with Crippen LogP contribution in [-0.4, -0.2) is 32.0 Å². The molecule has 0 aliphatic carbocycles. The molecule has 0 unspecified atom stereocenters. The molecule has 0 saturated heterocycles. The van der Waals surface area contributed by atoms with Crippen molar-refractivity contribution in [1.82, 2.24) is 16.0 Å². The molecule has 0 fully saturated rings. The zero-order chi connectivity index (χ0) is 20.4. The number of amides is 1. The normalized spacial score (nSPS) is 11.4. The first-order chi connectivity index (χ1) is 13.4. The third-order valence-electron chi connectivity index (χ3n) is 3.96. The molecule has 0 bridgehead atoms. The first kappa shape index (κ1) is 24.7. The number of guanidine groups is 1. The molecule has 2 aromatic rings. The number of benzene rings is 2. The Balaban J connectivity index is 0.00000420. The summed E-state index contributed by atoms with van der Waals surface area (Å²) >= 11 is 0. The lowest BCUT2D eigenvalue weighted by Gasteiger charge is -2.12. The van der Waals surface area contributed by atoms with Crippen LogP contribution in [0.15, 0.2) is 59.6 Å². The number of nitrogens with one attached hydrogen (secondary N) is 3. The van der Waals surface area contributed by atoms with Gasteiger partial charge in [0.2, 0.25) is 5.91 Å². The molecule has 29 heavy (non-hydrogen) atoms. The second-order valence-corrected chi connectivity index (χ2v) is 6.06. The summed E-state index contributed by atoms with van der Waals surface area (Å²) in [7, 11) is 1.58. The van der Waals surface area contributed by atoms with E-state index in [-0.39, 0.29) is 36.4 Å². The Labute approximate surface area is 185 Å². The van der Waals surface area contributed by atoms with Gasteiger partial charge in [0.05, 0.1) is 12.1 Å². The van der Waals surface area contributed by atoms with E-state index in [2.05, 4.69) is 20.9 Å². The molecule has 0 heterocycles. The Hall–Kier alpha value is -2.30. The molecular formula is C20H24F3IN4O. The van der Waals surface area contributed by atoms with Crippen LogP contribution in [-0.2, 0) is 23.9 Å². The molecule has 3 N–H and O–H groups in total. The predicted octanol–water partition coefficient (Wildman–Crippen LogP) is 3.35. The summed E-state index contributed by atoms with van der Waals surface area (Å²) in [5, 5.41) is 8.73. The van der Waals surface area contributed by atoms with E-state index in [9.17, 15) is 18.0 Å². The quantitative estimate of drug-likeness (QED) is 0.298. The Kier molecular flexibility index (Phi) is 10.5. The summed E-state index contributed by atoms with van der Waals surface area (Å²) < 4.78 is 37.7. The van der Waals surface area contributed by atoms with Crippen LogP contribution in [0, 0.1) is 0 Å². The first-order valence-electron chi connectivity index (χ1n) is 8.80. The van der Waals surface area contributed by atoms with Gasteiger partial charge in [-0.05, 0) is 29.7 Å². The van der Waals surface area contributed by atoms with Gasteiger partial charge in [0.1, 0.15) is 0 Å². The monoisotopic (exact) mass is 520 g/mol. The first-order valence-corrected chi connectivity index (χ1v) is 8.80. The van der Waals surface area contributed by atoms with E-state index < -0.39 is 11.7 Å². The second-order valence-electron chi connectivity index (χ2n) is 6.06. The molecule has 158 valence electrons. The van der Waals surface area contributed by atoms with E-state index in [1.807, 2.05) is 30.3 Å². The van der Waals surface area contributed by atoms with E-state index in [0.29, 0.717) is 25.5 Å². The number of carbonyl (C=O) groups excluding carboxylic acids is 1. The number of hydrogen-bond donors (Lipinski definition) is 3. The lowest BCUT2D eigenvalue weighted by molar-refractivity contribution is -0.137. The van der Waals surface area contributed by atoms with E-state index in [1.54, 1.807) is 7.05 Å². The number of alkyl halides is 3. The maximum absolute atomic E-state index is 12.6. The molecule has 2 aromatic carbocycles. The molecule has 0 aliphatic heterocycles. The van der Waals surface area contributed by atoms with Crippen LogP contribution in [0.4, 0.5) is 13.2 Å². The van der Waals surface area contributed by atoms with Gasteiger partial charge in [-0.3, -0.25) is 9.79 Å². The van der Waals surface area contributed by atoms with Gasteiger partial charge in [-0.25, -0.2) is 0 Å². The summed E-state index contributed by atoms with van der Waals surface area (Å²) in [6, 6.07) is 14.6. The number of carbonyl (C=O) groups is 1. The van der Waals surface area contributed by atoms with Gasteiger partial charge in [-0.1, -0.05) is 42.5 Å². The molecule has 0 saturated carbocycles. The number of halogens is 4. The fraction of sp³-hybridized carbons (Fsp3) is 0.300. The van der Waals surface area contributed by atoms with Gasteiger partial charge in [-0.15, -0.1) is 24.0 Å². The van der Waals surface area contributed by atoms with Crippen LogP contribution in [0.3, 0.4) is 0 Å². The largest absolute Gasteiger partial charge is 0.416 e. The van der Waals surface area contributed by atoms with Crippen molar-refractivity contribution in [3.05, 3.63) is 71.3 Å². The summed E-state index contributed by atoms with van der Waals surface area (Å²) in [4.78, 5) is 15.9. The SMILES string of the molecule is CN=C(NCCc1ccc(C(F)(F)F)cc1)NCC(=O)NCc1ccccc1.I. The van der Waals surface area contributed by atoms with E-state index in [4.69, 9.17) is 0 Å². The van der Waals surface area contributed by atoms with Crippen LogP contribution < -0.4 is 16.0 Å². The number of rotatable bonds is 7. The molecule has 0 atom stereocenters. The van der Waals surface area contributed by atoms with Crippen molar-refractivity contribution >= 4 is 35.8 Å². The standard InChI is InChI=1S/C20H23F3N4O.HI/c1-24-19(27-14-18(28)26-13-16-5-3-2-4-6-16)25-12-11-15-7-9-17(10-8-15)20(21,22)23;/h2-10H,11-14H2,1H3,(H,26,28)(H2,24,25,27);1H. The van der Waals surface area contributed by atoms with Gasteiger partial charge >= 0.3 is 6.18 Å². The summed E-state index contributed by atoms with van der Waals surface area (Å²) in [5.41, 5.74) is 1.12. The Morgan fingerprint density at radius 1 is 0.931 bits per heavy atom. The molecule has 9 heteroatoms. The smallest absolute Gasteiger partial charge is 0.356 e. The number of aliphatic imine (C=N–C) groups is 1. The predicted molar refractivity (Wildman–Crippen MR) is 118 cm³/mol. The highest BCUT2D eigenvalue weighted by atomic mass is 127. The molecule has 5 nitrogen and oxygen atoms in total. The average Bonchev–Trinajstić information content (AvgIpc) is 2.69. The van der Waals surface area contributed by atoms with Crippen molar-refractivity contribution in [2.24, 2.45) is 4.99 Å². The van der Waals surface area contributed by atoms with Gasteiger partial charge in [0.15, 0.2) is 5.96 Å². The van der Waals surface area contributed by atoms with Gasteiger partial charge in [-0.2, -0.15) is 13.2 Å². The highest BCUT2D eigenvalue weighted by Crippen LogP contribution is 2.29.